The molecule has 1 aromatic rings. The van der Waals surface area contributed by atoms with Gasteiger partial charge in [0, 0.05) is 22.6 Å². The highest BCUT2D eigenvalue weighted by molar-refractivity contribution is 7.99. The molecule has 24 heavy (non-hydrogen) atoms. The Labute approximate surface area is 148 Å². The van der Waals surface area contributed by atoms with Crippen LogP contribution in [0.15, 0.2) is 28.0 Å². The van der Waals surface area contributed by atoms with E-state index in [9.17, 15) is 13.2 Å². The average Bonchev–Trinajstić information content (AvgIpc) is 2.87. The van der Waals surface area contributed by atoms with Gasteiger partial charge in [0.15, 0.2) is 0 Å². The predicted molar refractivity (Wildman–Crippen MR) is 96.8 cm³/mol. The van der Waals surface area contributed by atoms with Gasteiger partial charge in [-0.15, -0.1) is 11.8 Å². The molecule has 3 rings (SSSR count). The van der Waals surface area contributed by atoms with Gasteiger partial charge in [-0.2, -0.15) is 0 Å². The number of amides is 1. The van der Waals surface area contributed by atoms with E-state index in [2.05, 4.69) is 10.0 Å². The topological polar surface area (TPSA) is 75.3 Å². The zero-order valence-electron chi connectivity index (χ0n) is 13.9. The molecule has 1 atom stereocenters. The normalized spacial score (nSPS) is 23.0. The first-order valence-electron chi connectivity index (χ1n) is 8.56. The highest BCUT2D eigenvalue weighted by Gasteiger charge is 2.25. The molecule has 5 nitrogen and oxygen atoms in total. The molecule has 1 aliphatic carbocycles. The molecule has 132 valence electrons. The number of benzene rings is 1. The molecule has 1 amide bonds. The van der Waals surface area contributed by atoms with Gasteiger partial charge in [0.05, 0.1) is 10.6 Å². The molecule has 1 aliphatic heterocycles. The summed E-state index contributed by atoms with van der Waals surface area (Å²) < 4.78 is 28.2. The van der Waals surface area contributed by atoms with Gasteiger partial charge in [-0.25, -0.2) is 13.1 Å². The number of thioether (sulfide) groups is 1. The van der Waals surface area contributed by atoms with Gasteiger partial charge in [0.2, 0.25) is 15.9 Å². The SMILES string of the molecule is CC1CSc2ccc(S(=O)(=O)NC3CCCCCC3)cc2NC1=O. The van der Waals surface area contributed by atoms with Crippen LogP contribution in [0.3, 0.4) is 0 Å². The second kappa shape index (κ2) is 7.45. The van der Waals surface area contributed by atoms with Crippen LogP contribution in [-0.4, -0.2) is 26.1 Å². The number of sulfonamides is 1. The lowest BCUT2D eigenvalue weighted by molar-refractivity contribution is -0.118. The van der Waals surface area contributed by atoms with Crippen molar-refractivity contribution in [2.45, 2.75) is 61.3 Å². The number of anilines is 1. The van der Waals surface area contributed by atoms with Crippen molar-refractivity contribution in [2.75, 3.05) is 11.1 Å². The number of carbonyl (C=O) groups is 1. The summed E-state index contributed by atoms with van der Waals surface area (Å²) >= 11 is 1.58. The van der Waals surface area contributed by atoms with Gasteiger partial charge in [0.1, 0.15) is 0 Å². The molecule has 7 heteroatoms. The minimum atomic E-state index is -3.56. The number of nitrogens with one attached hydrogen (secondary N) is 2. The highest BCUT2D eigenvalue weighted by Crippen LogP contribution is 2.34. The van der Waals surface area contributed by atoms with Crippen LogP contribution < -0.4 is 10.0 Å². The lowest BCUT2D eigenvalue weighted by Gasteiger charge is -2.17. The predicted octanol–water partition coefficient (Wildman–Crippen LogP) is 3.37. The maximum Gasteiger partial charge on any atom is 0.240 e. The Hall–Kier alpha value is -1.05. The van der Waals surface area contributed by atoms with Crippen molar-refractivity contribution in [1.29, 1.82) is 0 Å². The van der Waals surface area contributed by atoms with E-state index in [1.807, 2.05) is 6.92 Å². The van der Waals surface area contributed by atoms with Gasteiger partial charge < -0.3 is 5.32 Å². The van der Waals surface area contributed by atoms with Gasteiger partial charge in [-0.3, -0.25) is 4.79 Å². The Morgan fingerprint density at radius 1 is 1.17 bits per heavy atom. The van der Waals surface area contributed by atoms with E-state index in [-0.39, 0.29) is 22.8 Å². The second-order valence-electron chi connectivity index (χ2n) is 6.67. The largest absolute Gasteiger partial charge is 0.325 e. The van der Waals surface area contributed by atoms with Crippen molar-refractivity contribution < 1.29 is 13.2 Å². The number of fused-ring (bicyclic) bond motifs is 1. The smallest absolute Gasteiger partial charge is 0.240 e. The molecule has 0 spiro atoms. The molecule has 2 N–H and O–H groups in total. The number of hydrogen-bond donors (Lipinski definition) is 2. The van der Waals surface area contributed by atoms with Crippen molar-refractivity contribution >= 4 is 33.4 Å². The van der Waals surface area contributed by atoms with Crippen LogP contribution in [0, 0.1) is 5.92 Å². The molecular formula is C17H24N2O3S2. The van der Waals surface area contributed by atoms with Crippen molar-refractivity contribution in [3.63, 3.8) is 0 Å². The summed E-state index contributed by atoms with van der Waals surface area (Å²) in [6.45, 7) is 1.87. The average molecular weight is 369 g/mol. The van der Waals surface area contributed by atoms with E-state index in [1.54, 1.807) is 30.0 Å². The first kappa shape index (κ1) is 17.8. The highest BCUT2D eigenvalue weighted by atomic mass is 32.2. The molecule has 1 aromatic carbocycles. The summed E-state index contributed by atoms with van der Waals surface area (Å²) in [6, 6.07) is 5.02. The Kier molecular flexibility index (Phi) is 5.52. The monoisotopic (exact) mass is 368 g/mol. The quantitative estimate of drug-likeness (QED) is 0.802. The van der Waals surface area contributed by atoms with Crippen LogP contribution in [0.4, 0.5) is 5.69 Å². The number of hydrogen-bond acceptors (Lipinski definition) is 4. The van der Waals surface area contributed by atoms with Crippen LogP contribution in [0.25, 0.3) is 0 Å². The maximum atomic E-state index is 12.7. The molecule has 1 saturated carbocycles. The number of rotatable bonds is 3. The number of carbonyl (C=O) groups excluding carboxylic acids is 1. The van der Waals surface area contributed by atoms with E-state index in [4.69, 9.17) is 0 Å². The van der Waals surface area contributed by atoms with Crippen LogP contribution >= 0.6 is 11.8 Å². The molecule has 0 radical (unpaired) electrons. The molecule has 1 heterocycles. The van der Waals surface area contributed by atoms with E-state index < -0.39 is 10.0 Å². The Balaban J connectivity index is 1.81. The second-order valence-corrected chi connectivity index (χ2v) is 9.44. The van der Waals surface area contributed by atoms with E-state index >= 15 is 0 Å². The summed E-state index contributed by atoms with van der Waals surface area (Å²) in [6.07, 6.45) is 6.30. The molecule has 2 aliphatic rings. The van der Waals surface area contributed by atoms with Gasteiger partial charge in [-0.05, 0) is 31.0 Å². The van der Waals surface area contributed by atoms with Crippen LogP contribution in [0.1, 0.15) is 45.4 Å². The van der Waals surface area contributed by atoms with Crippen molar-refractivity contribution in [2.24, 2.45) is 5.92 Å². The van der Waals surface area contributed by atoms with Crippen LogP contribution in [0.2, 0.25) is 0 Å². The minimum Gasteiger partial charge on any atom is -0.325 e. The summed E-state index contributed by atoms with van der Waals surface area (Å²) in [5, 5.41) is 2.85. The molecule has 0 saturated heterocycles. The molecule has 1 fully saturated rings. The molecule has 0 aromatic heterocycles. The molecule has 1 unspecified atom stereocenters. The third kappa shape index (κ3) is 4.13. The Morgan fingerprint density at radius 3 is 2.58 bits per heavy atom. The fraction of sp³-hybridized carbons (Fsp3) is 0.588. The van der Waals surface area contributed by atoms with Gasteiger partial charge in [0.25, 0.3) is 0 Å². The first-order valence-corrected chi connectivity index (χ1v) is 11.0. The molecular weight excluding hydrogens is 344 g/mol. The first-order chi connectivity index (χ1) is 11.5. The Morgan fingerprint density at radius 2 is 1.88 bits per heavy atom. The van der Waals surface area contributed by atoms with Crippen molar-refractivity contribution in [1.82, 2.24) is 4.72 Å². The van der Waals surface area contributed by atoms with Crippen LogP contribution in [-0.2, 0) is 14.8 Å². The fourth-order valence-electron chi connectivity index (χ4n) is 3.13. The summed E-state index contributed by atoms with van der Waals surface area (Å²) in [4.78, 5) is 13.1. The van der Waals surface area contributed by atoms with E-state index in [0.717, 1.165) is 30.6 Å². The standard InChI is InChI=1S/C17H24N2O3S2/c1-12-11-23-16-9-8-14(10-15(16)18-17(12)20)24(21,22)19-13-6-4-2-3-5-7-13/h8-10,12-13,19H,2-7,11H2,1H3,(H,18,20). The molecule has 0 bridgehead atoms. The third-order valence-corrected chi connectivity index (χ3v) is 7.48. The van der Waals surface area contributed by atoms with Crippen molar-refractivity contribution in [3.05, 3.63) is 18.2 Å². The lowest BCUT2D eigenvalue weighted by Crippen LogP contribution is -2.34. The maximum absolute atomic E-state index is 12.7. The minimum absolute atomic E-state index is 0.0142. The van der Waals surface area contributed by atoms with Crippen LogP contribution in [0.5, 0.6) is 0 Å². The van der Waals surface area contributed by atoms with E-state index in [0.29, 0.717) is 11.4 Å². The summed E-state index contributed by atoms with van der Waals surface area (Å²) in [7, 11) is -3.56. The third-order valence-electron chi connectivity index (χ3n) is 4.63. The van der Waals surface area contributed by atoms with Gasteiger partial charge >= 0.3 is 0 Å². The summed E-state index contributed by atoms with van der Waals surface area (Å²) in [5.74, 6) is 0.546. The van der Waals surface area contributed by atoms with E-state index in [1.165, 1.54) is 12.8 Å². The summed E-state index contributed by atoms with van der Waals surface area (Å²) in [5.41, 5.74) is 0.595. The Bertz CT molecular complexity index is 711. The van der Waals surface area contributed by atoms with Crippen molar-refractivity contribution in [3.8, 4) is 0 Å². The van der Waals surface area contributed by atoms with Gasteiger partial charge in [-0.1, -0.05) is 32.6 Å². The fourth-order valence-corrected chi connectivity index (χ4v) is 5.47. The zero-order chi connectivity index (χ0) is 17.2. The zero-order valence-corrected chi connectivity index (χ0v) is 15.5. The lowest BCUT2D eigenvalue weighted by atomic mass is 10.1.